The van der Waals surface area contributed by atoms with Crippen molar-refractivity contribution in [3.05, 3.63) is 54.1 Å². The predicted octanol–water partition coefficient (Wildman–Crippen LogP) is 4.88. The fourth-order valence-corrected chi connectivity index (χ4v) is 2.50. The first kappa shape index (κ1) is 17.3. The summed E-state index contributed by atoms with van der Waals surface area (Å²) in [5.41, 5.74) is 1.93. The normalized spacial score (nSPS) is 10.9. The van der Waals surface area contributed by atoms with Gasteiger partial charge in [-0.2, -0.15) is 8.78 Å². The van der Waals surface area contributed by atoms with E-state index in [2.05, 4.69) is 10.6 Å². The number of amides is 1. The topological polar surface area (TPSA) is 41.1 Å². The largest absolute Gasteiger partial charge is 0.355 e. The zero-order valence-electron chi connectivity index (χ0n) is 12.8. The van der Waals surface area contributed by atoms with Gasteiger partial charge in [0.15, 0.2) is 0 Å². The molecule has 0 unspecified atom stereocenters. The van der Waals surface area contributed by atoms with Crippen molar-refractivity contribution in [3.8, 4) is 0 Å². The Morgan fingerprint density at radius 1 is 1.04 bits per heavy atom. The van der Waals surface area contributed by atoms with Crippen molar-refractivity contribution in [1.29, 1.82) is 0 Å². The zero-order chi connectivity index (χ0) is 16.8. The number of anilines is 2. The van der Waals surface area contributed by atoms with E-state index in [4.69, 9.17) is 0 Å². The Labute approximate surface area is 138 Å². The maximum absolute atomic E-state index is 12.3. The van der Waals surface area contributed by atoms with Crippen LogP contribution in [-0.2, 0) is 0 Å². The lowest BCUT2D eigenvalue weighted by molar-refractivity contribution is 0.0944. The number of carbonyl (C=O) groups is 1. The van der Waals surface area contributed by atoms with Crippen molar-refractivity contribution in [2.24, 2.45) is 0 Å². The minimum atomic E-state index is -2.44. The van der Waals surface area contributed by atoms with Crippen LogP contribution in [-0.4, -0.2) is 17.7 Å². The molecule has 6 heteroatoms. The molecule has 0 saturated heterocycles. The first-order chi connectivity index (χ1) is 11.0. The summed E-state index contributed by atoms with van der Waals surface area (Å²) < 4.78 is 24.6. The van der Waals surface area contributed by atoms with E-state index in [1.165, 1.54) is 0 Å². The van der Waals surface area contributed by atoms with Gasteiger partial charge in [-0.25, -0.2) is 0 Å². The number of nitrogens with one attached hydrogen (secondary N) is 2. The number of benzene rings is 2. The molecular formula is C17H18F2N2OS. The first-order valence-corrected chi connectivity index (χ1v) is 8.05. The number of hydrogen-bond acceptors (Lipinski definition) is 3. The third kappa shape index (κ3) is 5.25. The van der Waals surface area contributed by atoms with Crippen molar-refractivity contribution in [1.82, 2.24) is 5.32 Å². The third-order valence-electron chi connectivity index (χ3n) is 2.95. The molecule has 2 aromatic carbocycles. The van der Waals surface area contributed by atoms with Crippen molar-refractivity contribution in [2.75, 3.05) is 5.32 Å². The standard InChI is InChI=1S/C17H18F2N2OS/c1-11(2)20-16(22)14-5-3-4-6-15(14)21-12-7-9-13(10-8-12)23-17(18)19/h3-11,17,21H,1-2H3,(H,20,22). The van der Waals surface area contributed by atoms with E-state index in [9.17, 15) is 13.6 Å². The van der Waals surface area contributed by atoms with Crippen molar-refractivity contribution >= 4 is 29.0 Å². The average Bonchev–Trinajstić information content (AvgIpc) is 2.48. The minimum absolute atomic E-state index is 0.0428. The van der Waals surface area contributed by atoms with Gasteiger partial charge in [-0.1, -0.05) is 23.9 Å². The molecule has 0 spiro atoms. The van der Waals surface area contributed by atoms with Crippen LogP contribution in [0.25, 0.3) is 0 Å². The molecule has 3 nitrogen and oxygen atoms in total. The van der Waals surface area contributed by atoms with Gasteiger partial charge in [0, 0.05) is 16.6 Å². The number of halogens is 2. The number of rotatable bonds is 6. The van der Waals surface area contributed by atoms with Gasteiger partial charge in [-0.05, 0) is 50.2 Å². The predicted molar refractivity (Wildman–Crippen MR) is 90.6 cm³/mol. The summed E-state index contributed by atoms with van der Waals surface area (Å²) in [6.07, 6.45) is 0. The van der Waals surface area contributed by atoms with E-state index in [1.54, 1.807) is 42.5 Å². The summed E-state index contributed by atoms with van der Waals surface area (Å²) in [6, 6.07) is 13.9. The van der Waals surface area contributed by atoms with E-state index in [-0.39, 0.29) is 11.9 Å². The smallest absolute Gasteiger partial charge is 0.288 e. The van der Waals surface area contributed by atoms with Crippen LogP contribution < -0.4 is 10.6 Å². The van der Waals surface area contributed by atoms with E-state index in [1.807, 2.05) is 19.9 Å². The van der Waals surface area contributed by atoms with Crippen LogP contribution in [0.15, 0.2) is 53.4 Å². The number of alkyl halides is 2. The molecule has 0 radical (unpaired) electrons. The maximum Gasteiger partial charge on any atom is 0.288 e. The van der Waals surface area contributed by atoms with Gasteiger partial charge in [0.25, 0.3) is 11.7 Å². The number of hydrogen-bond donors (Lipinski definition) is 2. The first-order valence-electron chi connectivity index (χ1n) is 7.17. The second-order valence-electron chi connectivity index (χ2n) is 5.20. The molecule has 0 heterocycles. The molecule has 2 rings (SSSR count). The molecule has 122 valence electrons. The zero-order valence-corrected chi connectivity index (χ0v) is 13.7. The molecule has 0 atom stereocenters. The van der Waals surface area contributed by atoms with Gasteiger partial charge in [0.05, 0.1) is 11.3 Å². The molecule has 0 aliphatic rings. The van der Waals surface area contributed by atoms with E-state index in [0.29, 0.717) is 27.9 Å². The van der Waals surface area contributed by atoms with Gasteiger partial charge in [-0.3, -0.25) is 4.79 Å². The van der Waals surface area contributed by atoms with Crippen molar-refractivity contribution < 1.29 is 13.6 Å². The second kappa shape index (κ2) is 7.97. The average molecular weight is 336 g/mol. The van der Waals surface area contributed by atoms with Gasteiger partial charge in [0.1, 0.15) is 0 Å². The summed E-state index contributed by atoms with van der Waals surface area (Å²) in [5, 5.41) is 6.00. The van der Waals surface area contributed by atoms with Crippen LogP contribution in [0.4, 0.5) is 20.2 Å². The monoisotopic (exact) mass is 336 g/mol. The Balaban J connectivity index is 2.15. The van der Waals surface area contributed by atoms with Crippen LogP contribution >= 0.6 is 11.8 Å². The second-order valence-corrected chi connectivity index (χ2v) is 6.27. The number of thioether (sulfide) groups is 1. The number of carbonyl (C=O) groups excluding carboxylic acids is 1. The van der Waals surface area contributed by atoms with E-state index >= 15 is 0 Å². The molecule has 0 aliphatic heterocycles. The van der Waals surface area contributed by atoms with Gasteiger partial charge >= 0.3 is 0 Å². The molecule has 0 aromatic heterocycles. The van der Waals surface area contributed by atoms with E-state index in [0.717, 1.165) is 5.69 Å². The highest BCUT2D eigenvalue weighted by molar-refractivity contribution is 7.99. The van der Waals surface area contributed by atoms with Crippen molar-refractivity contribution in [2.45, 2.75) is 30.5 Å². The summed E-state index contributed by atoms with van der Waals surface area (Å²) in [7, 11) is 0. The molecule has 0 fully saturated rings. The quantitative estimate of drug-likeness (QED) is 0.739. The lowest BCUT2D eigenvalue weighted by atomic mass is 10.1. The Kier molecular flexibility index (Phi) is 5.98. The van der Waals surface area contributed by atoms with Crippen LogP contribution in [0.1, 0.15) is 24.2 Å². The molecule has 2 aromatic rings. The molecule has 0 saturated carbocycles. The third-order valence-corrected chi connectivity index (χ3v) is 3.67. The molecule has 0 aliphatic carbocycles. The molecule has 23 heavy (non-hydrogen) atoms. The minimum Gasteiger partial charge on any atom is -0.355 e. The highest BCUT2D eigenvalue weighted by atomic mass is 32.2. The van der Waals surface area contributed by atoms with Crippen LogP contribution in [0, 0.1) is 0 Å². The van der Waals surface area contributed by atoms with Gasteiger partial charge < -0.3 is 10.6 Å². The fraction of sp³-hybridized carbons (Fsp3) is 0.235. The summed E-state index contributed by atoms with van der Waals surface area (Å²) in [4.78, 5) is 12.7. The highest BCUT2D eigenvalue weighted by Gasteiger charge is 2.12. The Bertz CT molecular complexity index is 660. The van der Waals surface area contributed by atoms with Crippen LogP contribution in [0.5, 0.6) is 0 Å². The lowest BCUT2D eigenvalue weighted by Crippen LogP contribution is -2.30. The summed E-state index contributed by atoms with van der Waals surface area (Å²) >= 11 is 0.503. The highest BCUT2D eigenvalue weighted by Crippen LogP contribution is 2.27. The lowest BCUT2D eigenvalue weighted by Gasteiger charge is -2.14. The SMILES string of the molecule is CC(C)NC(=O)c1ccccc1Nc1ccc(SC(F)F)cc1. The molecule has 0 bridgehead atoms. The Morgan fingerprint density at radius 2 is 1.70 bits per heavy atom. The maximum atomic E-state index is 12.3. The number of para-hydroxylation sites is 1. The molecule has 1 amide bonds. The van der Waals surface area contributed by atoms with Gasteiger partial charge in [-0.15, -0.1) is 0 Å². The fourth-order valence-electron chi connectivity index (χ4n) is 2.01. The summed E-state index contributed by atoms with van der Waals surface area (Å²) in [6.45, 7) is 3.79. The van der Waals surface area contributed by atoms with Crippen LogP contribution in [0.3, 0.4) is 0 Å². The molecular weight excluding hydrogens is 318 g/mol. The van der Waals surface area contributed by atoms with Crippen molar-refractivity contribution in [3.63, 3.8) is 0 Å². The Hall–Kier alpha value is -2.08. The summed E-state index contributed by atoms with van der Waals surface area (Å²) in [5.74, 6) is -2.60. The van der Waals surface area contributed by atoms with E-state index < -0.39 is 5.76 Å². The molecule has 2 N–H and O–H groups in total. The Morgan fingerprint density at radius 3 is 2.30 bits per heavy atom. The van der Waals surface area contributed by atoms with Gasteiger partial charge in [0.2, 0.25) is 0 Å². The van der Waals surface area contributed by atoms with Crippen LogP contribution in [0.2, 0.25) is 0 Å².